The van der Waals surface area contributed by atoms with E-state index in [0.29, 0.717) is 16.6 Å². The first-order chi connectivity index (χ1) is 16.2. The monoisotopic (exact) mass is 477 g/mol. The number of hydrogen-bond donors (Lipinski definition) is 0. The number of benzene rings is 3. The minimum Gasteiger partial charge on any atom is -0.425 e. The van der Waals surface area contributed by atoms with Gasteiger partial charge in [-0.25, -0.2) is 18.2 Å². The van der Waals surface area contributed by atoms with E-state index in [1.54, 1.807) is 54.6 Å². The molecule has 174 valence electrons. The van der Waals surface area contributed by atoms with Crippen LogP contribution in [0.15, 0.2) is 82.7 Å². The van der Waals surface area contributed by atoms with E-state index in [4.69, 9.17) is 4.74 Å². The van der Waals surface area contributed by atoms with Gasteiger partial charge in [0.15, 0.2) is 0 Å². The van der Waals surface area contributed by atoms with Crippen molar-refractivity contribution in [3.63, 3.8) is 0 Å². The lowest BCUT2D eigenvalue weighted by atomic mass is 10.1. The number of hydrogen-bond acceptors (Lipinski definition) is 6. The summed E-state index contributed by atoms with van der Waals surface area (Å²) in [6.45, 7) is 3.47. The van der Waals surface area contributed by atoms with E-state index in [0.717, 1.165) is 11.1 Å². The van der Waals surface area contributed by atoms with Crippen LogP contribution in [-0.4, -0.2) is 31.0 Å². The number of para-hydroxylation sites is 1. The fourth-order valence-electron chi connectivity index (χ4n) is 3.42. The van der Waals surface area contributed by atoms with Crippen molar-refractivity contribution in [1.29, 1.82) is 0 Å². The molecule has 3 aromatic carbocycles. The van der Waals surface area contributed by atoms with Crippen LogP contribution in [0.2, 0.25) is 0 Å². The molecule has 0 saturated carbocycles. The lowest BCUT2D eigenvalue weighted by molar-refractivity contribution is -0.135. The van der Waals surface area contributed by atoms with E-state index in [-0.39, 0.29) is 22.7 Å². The molecule has 0 saturated heterocycles. The molecule has 0 unspecified atom stereocenters. The Balaban J connectivity index is 1.47. The number of carbonyl (C=O) groups excluding carboxylic acids is 1. The fourth-order valence-corrected chi connectivity index (χ4v) is 4.70. The summed E-state index contributed by atoms with van der Waals surface area (Å²) in [7, 11) is -2.29. The average molecular weight is 478 g/mol. The van der Waals surface area contributed by atoms with Crippen LogP contribution in [-0.2, 0) is 21.4 Å². The molecule has 1 aromatic heterocycles. The fraction of sp³-hybridized carbons (Fsp3) is 0.160. The Morgan fingerprint density at radius 2 is 1.71 bits per heavy atom. The summed E-state index contributed by atoms with van der Waals surface area (Å²) in [6, 6.07) is 18.0. The summed E-state index contributed by atoms with van der Waals surface area (Å²) in [5.41, 5.74) is 2.52. The van der Waals surface area contributed by atoms with Crippen LogP contribution >= 0.6 is 0 Å². The van der Waals surface area contributed by atoms with E-state index in [9.17, 15) is 18.0 Å². The maximum atomic E-state index is 13.0. The zero-order valence-electron chi connectivity index (χ0n) is 18.9. The zero-order valence-corrected chi connectivity index (χ0v) is 19.7. The summed E-state index contributed by atoms with van der Waals surface area (Å²) in [4.78, 5) is 29.3. The molecular formula is C25H23N3O5S. The third-order valence-electron chi connectivity index (χ3n) is 5.60. The Kier molecular flexibility index (Phi) is 6.21. The topological polar surface area (TPSA) is 98.6 Å². The third kappa shape index (κ3) is 4.55. The van der Waals surface area contributed by atoms with Gasteiger partial charge in [0.2, 0.25) is 0 Å². The van der Waals surface area contributed by atoms with Crippen molar-refractivity contribution in [2.75, 3.05) is 11.4 Å². The van der Waals surface area contributed by atoms with Crippen LogP contribution < -0.4 is 14.6 Å². The maximum Gasteiger partial charge on any atom is 0.331 e. The number of rotatable bonds is 6. The molecule has 1 heterocycles. The molecule has 34 heavy (non-hydrogen) atoms. The minimum absolute atomic E-state index is 0.197. The molecule has 0 fully saturated rings. The number of fused-ring (bicyclic) bond motifs is 1. The molecule has 4 rings (SSSR count). The molecular weight excluding hydrogens is 454 g/mol. The van der Waals surface area contributed by atoms with Gasteiger partial charge in [-0.05, 0) is 73.5 Å². The van der Waals surface area contributed by atoms with Crippen LogP contribution in [0.4, 0.5) is 5.69 Å². The normalized spacial score (nSPS) is 11.4. The molecule has 9 heteroatoms. The van der Waals surface area contributed by atoms with Gasteiger partial charge in [-0.15, -0.1) is 0 Å². The third-order valence-corrected chi connectivity index (χ3v) is 7.38. The van der Waals surface area contributed by atoms with Crippen LogP contribution in [0, 0.1) is 13.8 Å². The predicted octanol–water partition coefficient (Wildman–Crippen LogP) is 3.44. The maximum absolute atomic E-state index is 13.0. The molecule has 0 aliphatic carbocycles. The molecule has 4 aromatic rings. The van der Waals surface area contributed by atoms with Gasteiger partial charge < -0.3 is 4.74 Å². The first-order valence-corrected chi connectivity index (χ1v) is 11.9. The van der Waals surface area contributed by atoms with Crippen LogP contribution in [0.5, 0.6) is 5.75 Å². The van der Waals surface area contributed by atoms with Crippen molar-refractivity contribution in [3.05, 3.63) is 94.5 Å². The van der Waals surface area contributed by atoms with Gasteiger partial charge in [0, 0.05) is 7.05 Å². The molecule has 0 aliphatic rings. The standard InChI is InChI=1S/C25H23N3O5S/c1-17-8-13-21(14-18(17)2)34(31,32)27(3)19-9-11-20(12-10-19)33-24(29)15-28-16-26-23-7-5-4-6-22(23)25(28)30/h4-14,16H,15H2,1-3H3. The molecule has 0 N–H and O–H groups in total. The first kappa shape index (κ1) is 23.2. The average Bonchev–Trinajstić information content (AvgIpc) is 2.82. The number of sulfonamides is 1. The SMILES string of the molecule is Cc1ccc(S(=O)(=O)N(C)c2ccc(OC(=O)Cn3cnc4ccccc4c3=O)cc2)cc1C. The first-order valence-electron chi connectivity index (χ1n) is 10.5. The molecule has 0 atom stereocenters. The lowest BCUT2D eigenvalue weighted by Crippen LogP contribution is -2.27. The smallest absolute Gasteiger partial charge is 0.331 e. The second-order valence-corrected chi connectivity index (χ2v) is 9.85. The highest BCUT2D eigenvalue weighted by atomic mass is 32.2. The van der Waals surface area contributed by atoms with Gasteiger partial charge in [0.1, 0.15) is 12.3 Å². The second-order valence-electron chi connectivity index (χ2n) is 7.88. The van der Waals surface area contributed by atoms with Crippen LogP contribution in [0.3, 0.4) is 0 Å². The number of anilines is 1. The van der Waals surface area contributed by atoms with Crippen LogP contribution in [0.1, 0.15) is 11.1 Å². The number of carbonyl (C=O) groups is 1. The largest absolute Gasteiger partial charge is 0.425 e. The summed E-state index contributed by atoms with van der Waals surface area (Å²) >= 11 is 0. The van der Waals surface area contributed by atoms with E-state index >= 15 is 0 Å². The highest BCUT2D eigenvalue weighted by Crippen LogP contribution is 2.25. The van der Waals surface area contributed by atoms with Crippen molar-refractivity contribution >= 4 is 32.6 Å². The summed E-state index contributed by atoms with van der Waals surface area (Å²) in [5, 5.41) is 0.412. The lowest BCUT2D eigenvalue weighted by Gasteiger charge is -2.20. The van der Waals surface area contributed by atoms with E-state index in [1.807, 2.05) is 13.8 Å². The van der Waals surface area contributed by atoms with Crippen molar-refractivity contribution in [3.8, 4) is 5.75 Å². The van der Waals surface area contributed by atoms with Gasteiger partial charge in [0.25, 0.3) is 15.6 Å². The van der Waals surface area contributed by atoms with Crippen molar-refractivity contribution in [1.82, 2.24) is 9.55 Å². The second kappa shape index (κ2) is 9.11. The number of ether oxygens (including phenoxy) is 1. The molecule has 0 aliphatic heterocycles. The number of esters is 1. The number of aryl methyl sites for hydroxylation is 2. The number of aromatic nitrogens is 2. The van der Waals surface area contributed by atoms with Crippen LogP contribution in [0.25, 0.3) is 10.9 Å². The Morgan fingerprint density at radius 1 is 1.00 bits per heavy atom. The molecule has 0 amide bonds. The molecule has 8 nitrogen and oxygen atoms in total. The van der Waals surface area contributed by atoms with Crippen molar-refractivity contribution in [2.45, 2.75) is 25.3 Å². The zero-order chi connectivity index (χ0) is 24.5. The van der Waals surface area contributed by atoms with E-state index < -0.39 is 16.0 Å². The molecule has 0 spiro atoms. The van der Waals surface area contributed by atoms with E-state index in [1.165, 1.54) is 34.4 Å². The quantitative estimate of drug-likeness (QED) is 0.312. The highest BCUT2D eigenvalue weighted by Gasteiger charge is 2.22. The van der Waals surface area contributed by atoms with Gasteiger partial charge >= 0.3 is 5.97 Å². The summed E-state index contributed by atoms with van der Waals surface area (Å²) < 4.78 is 33.7. The summed E-state index contributed by atoms with van der Waals surface area (Å²) in [5.74, 6) is -0.421. The Morgan fingerprint density at radius 3 is 2.41 bits per heavy atom. The predicted molar refractivity (Wildman–Crippen MR) is 130 cm³/mol. The minimum atomic E-state index is -3.75. The van der Waals surface area contributed by atoms with Gasteiger partial charge in [-0.1, -0.05) is 18.2 Å². The Hall–Kier alpha value is -3.98. The van der Waals surface area contributed by atoms with Crippen molar-refractivity contribution < 1.29 is 17.9 Å². The number of nitrogens with zero attached hydrogens (tertiary/aromatic N) is 3. The van der Waals surface area contributed by atoms with Gasteiger partial charge in [0.05, 0.1) is 27.8 Å². The van der Waals surface area contributed by atoms with Crippen molar-refractivity contribution in [2.24, 2.45) is 0 Å². The van der Waals surface area contributed by atoms with Gasteiger partial charge in [-0.3, -0.25) is 13.7 Å². The van der Waals surface area contributed by atoms with Gasteiger partial charge in [-0.2, -0.15) is 0 Å². The molecule has 0 radical (unpaired) electrons. The van der Waals surface area contributed by atoms with E-state index in [2.05, 4.69) is 4.98 Å². The Bertz CT molecular complexity index is 1540. The highest BCUT2D eigenvalue weighted by molar-refractivity contribution is 7.92. The summed E-state index contributed by atoms with van der Waals surface area (Å²) in [6.07, 6.45) is 1.31. The molecule has 0 bridgehead atoms. The Labute approximate surface area is 197 Å².